The van der Waals surface area contributed by atoms with Gasteiger partial charge >= 0.3 is 0 Å². The maximum absolute atomic E-state index is 12.2. The molecule has 0 fully saturated rings. The van der Waals surface area contributed by atoms with Crippen LogP contribution < -0.4 is 5.32 Å². The molecule has 3 rings (SSSR count). The molecule has 0 bridgehead atoms. The van der Waals surface area contributed by atoms with Crippen LogP contribution in [0.2, 0.25) is 0 Å². The summed E-state index contributed by atoms with van der Waals surface area (Å²) in [5, 5.41) is 11.7. The fourth-order valence-corrected chi connectivity index (χ4v) is 2.56. The van der Waals surface area contributed by atoms with E-state index in [-0.39, 0.29) is 12.3 Å². The summed E-state index contributed by atoms with van der Waals surface area (Å²) in [5.41, 5.74) is 5.37. The van der Waals surface area contributed by atoms with Crippen molar-refractivity contribution in [1.29, 1.82) is 5.26 Å². The first kappa shape index (κ1) is 16.4. The minimum Gasteiger partial charge on any atom is -0.326 e. The van der Waals surface area contributed by atoms with Crippen LogP contribution in [0, 0.1) is 18.3 Å². The number of nitriles is 1. The van der Waals surface area contributed by atoms with E-state index in [1.807, 2.05) is 43.3 Å². The number of hydrogen-bond donors (Lipinski definition) is 1. The SMILES string of the molecule is Cc1cc(-c2ccc(NC(=O)Cc3ccc(C#N)cc3)cc2)ccn1. The van der Waals surface area contributed by atoms with Crippen LogP contribution >= 0.6 is 0 Å². The monoisotopic (exact) mass is 327 g/mol. The Kier molecular flexibility index (Phi) is 4.87. The number of benzene rings is 2. The Balaban J connectivity index is 1.64. The Hall–Kier alpha value is -3.45. The van der Waals surface area contributed by atoms with Crippen molar-refractivity contribution in [2.75, 3.05) is 5.32 Å². The van der Waals surface area contributed by atoms with E-state index in [1.54, 1.807) is 30.5 Å². The molecule has 0 aliphatic carbocycles. The lowest BCUT2D eigenvalue weighted by molar-refractivity contribution is -0.115. The van der Waals surface area contributed by atoms with Crippen molar-refractivity contribution in [3.05, 3.63) is 83.7 Å². The van der Waals surface area contributed by atoms with Crippen molar-refractivity contribution < 1.29 is 4.79 Å². The van der Waals surface area contributed by atoms with Crippen LogP contribution in [0.25, 0.3) is 11.1 Å². The van der Waals surface area contributed by atoms with Crippen LogP contribution in [-0.4, -0.2) is 10.9 Å². The fraction of sp³-hybridized carbons (Fsp3) is 0.0952. The maximum atomic E-state index is 12.2. The van der Waals surface area contributed by atoms with Crippen LogP contribution in [0.4, 0.5) is 5.69 Å². The molecule has 0 aliphatic rings. The molecule has 4 heteroatoms. The predicted octanol–water partition coefficient (Wildman–Crippen LogP) is 4.11. The quantitative estimate of drug-likeness (QED) is 0.784. The Bertz CT molecular complexity index is 923. The summed E-state index contributed by atoms with van der Waals surface area (Å²) in [7, 11) is 0. The Morgan fingerprint density at radius 1 is 1.04 bits per heavy atom. The molecule has 1 aromatic heterocycles. The van der Waals surface area contributed by atoms with Crippen LogP contribution in [0.5, 0.6) is 0 Å². The Labute approximate surface area is 146 Å². The highest BCUT2D eigenvalue weighted by molar-refractivity contribution is 5.92. The van der Waals surface area contributed by atoms with Gasteiger partial charge in [0, 0.05) is 17.6 Å². The number of hydrogen-bond acceptors (Lipinski definition) is 3. The molecule has 0 atom stereocenters. The van der Waals surface area contributed by atoms with Gasteiger partial charge in [-0.15, -0.1) is 0 Å². The van der Waals surface area contributed by atoms with Crippen molar-refractivity contribution in [2.24, 2.45) is 0 Å². The molecule has 1 amide bonds. The van der Waals surface area contributed by atoms with Gasteiger partial charge in [-0.3, -0.25) is 9.78 Å². The lowest BCUT2D eigenvalue weighted by Gasteiger charge is -2.07. The van der Waals surface area contributed by atoms with Gasteiger partial charge in [0.1, 0.15) is 0 Å². The zero-order chi connectivity index (χ0) is 17.6. The number of amides is 1. The third kappa shape index (κ3) is 4.30. The van der Waals surface area contributed by atoms with Crippen LogP contribution in [-0.2, 0) is 11.2 Å². The minimum absolute atomic E-state index is 0.0859. The molecular weight excluding hydrogens is 310 g/mol. The number of nitrogens with one attached hydrogen (secondary N) is 1. The molecule has 4 nitrogen and oxygen atoms in total. The van der Waals surface area contributed by atoms with Crippen molar-refractivity contribution in [2.45, 2.75) is 13.3 Å². The third-order valence-electron chi connectivity index (χ3n) is 3.85. The highest BCUT2D eigenvalue weighted by Crippen LogP contribution is 2.21. The standard InChI is InChI=1S/C21H17N3O/c1-15-12-19(10-11-23-15)18-6-8-20(9-7-18)24-21(25)13-16-2-4-17(14-22)5-3-16/h2-12H,13H2,1H3,(H,24,25). The van der Waals surface area contributed by atoms with E-state index < -0.39 is 0 Å². The fourth-order valence-electron chi connectivity index (χ4n) is 2.56. The van der Waals surface area contributed by atoms with Crippen molar-refractivity contribution in [1.82, 2.24) is 4.98 Å². The van der Waals surface area contributed by atoms with Crippen LogP contribution in [0.3, 0.4) is 0 Å². The average Bonchev–Trinajstić information content (AvgIpc) is 2.63. The molecule has 1 N–H and O–H groups in total. The van der Waals surface area contributed by atoms with Crippen molar-refractivity contribution in [3.63, 3.8) is 0 Å². The lowest BCUT2D eigenvalue weighted by Crippen LogP contribution is -2.14. The first-order valence-corrected chi connectivity index (χ1v) is 7.96. The van der Waals surface area contributed by atoms with Gasteiger partial charge in [0.25, 0.3) is 0 Å². The molecule has 3 aromatic rings. The Morgan fingerprint density at radius 3 is 2.40 bits per heavy atom. The third-order valence-corrected chi connectivity index (χ3v) is 3.85. The van der Waals surface area contributed by atoms with E-state index in [0.29, 0.717) is 5.56 Å². The molecular formula is C21H17N3O. The molecule has 0 aliphatic heterocycles. The van der Waals surface area contributed by atoms with Gasteiger partial charge in [0.05, 0.1) is 18.1 Å². The number of carbonyl (C=O) groups excluding carboxylic acids is 1. The van der Waals surface area contributed by atoms with E-state index in [0.717, 1.165) is 28.1 Å². The second-order valence-electron chi connectivity index (χ2n) is 5.80. The topological polar surface area (TPSA) is 65.8 Å². The number of aryl methyl sites for hydroxylation is 1. The number of aromatic nitrogens is 1. The Morgan fingerprint density at radius 2 is 1.76 bits per heavy atom. The molecule has 0 unspecified atom stereocenters. The number of carbonyl (C=O) groups is 1. The zero-order valence-corrected chi connectivity index (χ0v) is 13.9. The molecule has 0 saturated heterocycles. The van der Waals surface area contributed by atoms with Gasteiger partial charge in [0.15, 0.2) is 0 Å². The second kappa shape index (κ2) is 7.41. The van der Waals surface area contributed by atoms with Crippen molar-refractivity contribution >= 4 is 11.6 Å². The summed E-state index contributed by atoms with van der Waals surface area (Å²) in [6.07, 6.45) is 2.06. The molecule has 1 heterocycles. The summed E-state index contributed by atoms with van der Waals surface area (Å²) < 4.78 is 0. The van der Waals surface area contributed by atoms with Gasteiger partial charge in [-0.25, -0.2) is 0 Å². The van der Waals surface area contributed by atoms with E-state index in [2.05, 4.69) is 16.4 Å². The lowest BCUT2D eigenvalue weighted by atomic mass is 10.1. The van der Waals surface area contributed by atoms with E-state index in [9.17, 15) is 4.79 Å². The number of rotatable bonds is 4. The van der Waals surface area contributed by atoms with Gasteiger partial charge in [-0.2, -0.15) is 5.26 Å². The second-order valence-corrected chi connectivity index (χ2v) is 5.80. The van der Waals surface area contributed by atoms with Gasteiger partial charge in [-0.1, -0.05) is 24.3 Å². The largest absolute Gasteiger partial charge is 0.326 e. The number of nitrogens with zero attached hydrogens (tertiary/aromatic N) is 2. The van der Waals surface area contributed by atoms with Gasteiger partial charge in [0.2, 0.25) is 5.91 Å². The van der Waals surface area contributed by atoms with E-state index >= 15 is 0 Å². The molecule has 122 valence electrons. The average molecular weight is 327 g/mol. The summed E-state index contributed by atoms with van der Waals surface area (Å²) in [6.45, 7) is 1.96. The molecule has 25 heavy (non-hydrogen) atoms. The highest BCUT2D eigenvalue weighted by Gasteiger charge is 2.05. The van der Waals surface area contributed by atoms with E-state index in [4.69, 9.17) is 5.26 Å². The summed E-state index contributed by atoms with van der Waals surface area (Å²) in [4.78, 5) is 16.3. The summed E-state index contributed by atoms with van der Waals surface area (Å²) in [6, 6.07) is 20.8. The molecule has 0 saturated carbocycles. The van der Waals surface area contributed by atoms with Crippen LogP contribution in [0.1, 0.15) is 16.8 Å². The number of anilines is 1. The predicted molar refractivity (Wildman–Crippen MR) is 97.9 cm³/mol. The number of pyridine rings is 1. The highest BCUT2D eigenvalue weighted by atomic mass is 16.1. The maximum Gasteiger partial charge on any atom is 0.228 e. The smallest absolute Gasteiger partial charge is 0.228 e. The zero-order valence-electron chi connectivity index (χ0n) is 13.9. The van der Waals surface area contributed by atoms with Gasteiger partial charge < -0.3 is 5.32 Å². The summed E-state index contributed by atoms with van der Waals surface area (Å²) >= 11 is 0. The molecule has 2 aromatic carbocycles. The van der Waals surface area contributed by atoms with Crippen LogP contribution in [0.15, 0.2) is 66.9 Å². The first-order valence-electron chi connectivity index (χ1n) is 7.96. The summed E-state index contributed by atoms with van der Waals surface area (Å²) in [5.74, 6) is -0.0859. The van der Waals surface area contributed by atoms with Crippen molar-refractivity contribution in [3.8, 4) is 17.2 Å². The van der Waals surface area contributed by atoms with Gasteiger partial charge in [-0.05, 0) is 60.0 Å². The van der Waals surface area contributed by atoms with E-state index in [1.165, 1.54) is 0 Å². The molecule has 0 spiro atoms. The normalized spacial score (nSPS) is 10.1. The molecule has 0 radical (unpaired) electrons. The first-order chi connectivity index (χ1) is 12.1. The minimum atomic E-state index is -0.0859.